The van der Waals surface area contributed by atoms with Gasteiger partial charge in [-0.1, -0.05) is 12.1 Å². The van der Waals surface area contributed by atoms with Crippen LogP contribution in [0.5, 0.6) is 11.5 Å². The molecule has 0 fully saturated rings. The highest BCUT2D eigenvalue weighted by Crippen LogP contribution is 2.24. The number of carbonyl (C=O) groups excluding carboxylic acids is 1. The van der Waals surface area contributed by atoms with E-state index in [4.69, 9.17) is 4.74 Å². The Balaban J connectivity index is 2.16. The number of phenols is 1. The molecule has 0 radical (unpaired) electrons. The maximum Gasteiger partial charge on any atom is 0.272 e. The molecule has 0 aliphatic carbocycles. The van der Waals surface area contributed by atoms with Crippen LogP contribution in [0.15, 0.2) is 52.0 Å². The van der Waals surface area contributed by atoms with Crippen molar-refractivity contribution in [3.8, 4) is 11.5 Å². The van der Waals surface area contributed by atoms with Crippen LogP contribution in [0.2, 0.25) is 0 Å². The zero-order chi connectivity index (χ0) is 16.1. The number of halogens is 1. The van der Waals surface area contributed by atoms with Gasteiger partial charge in [-0.2, -0.15) is 5.10 Å². The summed E-state index contributed by atoms with van der Waals surface area (Å²) in [7, 11) is 1.52. The van der Waals surface area contributed by atoms with E-state index in [1.165, 1.54) is 13.2 Å². The first-order valence-electron chi connectivity index (χ1n) is 6.49. The Morgan fingerprint density at radius 3 is 2.59 bits per heavy atom. The molecule has 2 N–H and O–H groups in total. The number of nitrogens with one attached hydrogen (secondary N) is 1. The lowest BCUT2D eigenvalue weighted by Crippen LogP contribution is -2.19. The highest BCUT2D eigenvalue weighted by molar-refractivity contribution is 9.10. The van der Waals surface area contributed by atoms with Gasteiger partial charge in [0.25, 0.3) is 5.91 Å². The first-order valence-corrected chi connectivity index (χ1v) is 7.28. The number of hydrogen-bond donors (Lipinski definition) is 2. The molecule has 0 aliphatic rings. The number of nitrogens with zero attached hydrogens (tertiary/aromatic N) is 1. The Bertz CT molecular complexity index is 729. The van der Waals surface area contributed by atoms with Crippen molar-refractivity contribution in [2.45, 2.75) is 6.92 Å². The molecule has 0 spiro atoms. The van der Waals surface area contributed by atoms with Gasteiger partial charge in [0, 0.05) is 16.1 Å². The Hall–Kier alpha value is -2.34. The SMILES string of the molecule is COc1ccc(/C(C)=N/NC(=O)c2ccccc2Br)c(O)c1. The molecule has 2 aromatic carbocycles. The summed E-state index contributed by atoms with van der Waals surface area (Å²) in [5, 5.41) is 14.0. The minimum absolute atomic E-state index is 0.0377. The van der Waals surface area contributed by atoms with E-state index in [1.54, 1.807) is 37.3 Å². The van der Waals surface area contributed by atoms with E-state index in [9.17, 15) is 9.90 Å². The number of methoxy groups -OCH3 is 1. The lowest BCUT2D eigenvalue weighted by atomic mass is 10.1. The topological polar surface area (TPSA) is 70.9 Å². The van der Waals surface area contributed by atoms with E-state index < -0.39 is 0 Å². The van der Waals surface area contributed by atoms with Gasteiger partial charge in [-0.3, -0.25) is 4.79 Å². The first-order chi connectivity index (χ1) is 10.5. The summed E-state index contributed by atoms with van der Waals surface area (Å²) in [6.07, 6.45) is 0. The molecule has 0 saturated carbocycles. The van der Waals surface area contributed by atoms with Crippen molar-refractivity contribution < 1.29 is 14.6 Å². The van der Waals surface area contributed by atoms with E-state index >= 15 is 0 Å². The Morgan fingerprint density at radius 2 is 1.95 bits per heavy atom. The molecular weight excluding hydrogens is 348 g/mol. The minimum atomic E-state index is -0.333. The summed E-state index contributed by atoms with van der Waals surface area (Å²) in [4.78, 5) is 12.1. The maximum absolute atomic E-state index is 12.1. The summed E-state index contributed by atoms with van der Waals surface area (Å²) in [5.41, 5.74) is 3.96. The summed E-state index contributed by atoms with van der Waals surface area (Å²) < 4.78 is 5.71. The van der Waals surface area contributed by atoms with Crippen molar-refractivity contribution in [2.24, 2.45) is 5.10 Å². The zero-order valence-corrected chi connectivity index (χ0v) is 13.7. The predicted molar refractivity (Wildman–Crippen MR) is 88.5 cm³/mol. The van der Waals surface area contributed by atoms with E-state index in [0.717, 1.165) is 0 Å². The van der Waals surface area contributed by atoms with Crippen molar-refractivity contribution in [3.05, 3.63) is 58.1 Å². The molecule has 0 atom stereocenters. The number of amides is 1. The van der Waals surface area contributed by atoms with Crippen LogP contribution in [0.1, 0.15) is 22.8 Å². The normalized spacial score (nSPS) is 11.1. The number of rotatable bonds is 4. The number of hydrogen-bond acceptors (Lipinski definition) is 4. The van der Waals surface area contributed by atoms with Gasteiger partial charge >= 0.3 is 0 Å². The molecule has 0 bridgehead atoms. The van der Waals surface area contributed by atoms with E-state index in [0.29, 0.717) is 27.1 Å². The third-order valence-electron chi connectivity index (χ3n) is 3.04. The number of carbonyl (C=O) groups is 1. The number of ether oxygens (including phenoxy) is 1. The van der Waals surface area contributed by atoms with Crippen LogP contribution >= 0.6 is 15.9 Å². The van der Waals surface area contributed by atoms with Crippen molar-refractivity contribution in [3.63, 3.8) is 0 Å². The third kappa shape index (κ3) is 3.65. The lowest BCUT2D eigenvalue weighted by molar-refractivity contribution is 0.0954. The number of aromatic hydroxyl groups is 1. The van der Waals surface area contributed by atoms with Crippen molar-refractivity contribution in [1.82, 2.24) is 5.43 Å². The van der Waals surface area contributed by atoms with Gasteiger partial charge in [0.2, 0.25) is 0 Å². The fraction of sp³-hybridized carbons (Fsp3) is 0.125. The van der Waals surface area contributed by atoms with Gasteiger partial charge in [-0.15, -0.1) is 0 Å². The monoisotopic (exact) mass is 362 g/mol. The number of hydrazone groups is 1. The largest absolute Gasteiger partial charge is 0.507 e. The molecule has 0 aromatic heterocycles. The van der Waals surface area contributed by atoms with E-state index in [2.05, 4.69) is 26.5 Å². The average Bonchev–Trinajstić information content (AvgIpc) is 2.52. The summed E-state index contributed by atoms with van der Waals surface area (Å²) >= 11 is 3.31. The van der Waals surface area contributed by atoms with E-state index in [1.807, 2.05) is 6.07 Å². The second kappa shape index (κ2) is 7.09. The molecule has 114 valence electrons. The highest BCUT2D eigenvalue weighted by Gasteiger charge is 2.10. The molecule has 6 heteroatoms. The Morgan fingerprint density at radius 1 is 1.23 bits per heavy atom. The maximum atomic E-state index is 12.1. The van der Waals surface area contributed by atoms with Crippen LogP contribution in [0.3, 0.4) is 0 Å². The quantitative estimate of drug-likeness (QED) is 0.647. The Labute approximate surface area is 136 Å². The molecule has 0 unspecified atom stereocenters. The van der Waals surface area contributed by atoms with Crippen LogP contribution in [0.4, 0.5) is 0 Å². The number of benzene rings is 2. The first kappa shape index (κ1) is 16.0. The molecule has 1 amide bonds. The van der Waals surface area contributed by atoms with Gasteiger partial charge < -0.3 is 9.84 Å². The molecule has 0 heterocycles. The molecule has 5 nitrogen and oxygen atoms in total. The summed E-state index contributed by atoms with van der Waals surface area (Å²) in [6, 6.07) is 11.9. The van der Waals surface area contributed by atoms with Gasteiger partial charge in [0.05, 0.1) is 18.4 Å². The van der Waals surface area contributed by atoms with Gasteiger partial charge in [-0.25, -0.2) is 5.43 Å². The third-order valence-corrected chi connectivity index (χ3v) is 3.73. The molecule has 0 saturated heterocycles. The van der Waals surface area contributed by atoms with Crippen molar-refractivity contribution in [2.75, 3.05) is 7.11 Å². The molecule has 22 heavy (non-hydrogen) atoms. The predicted octanol–water partition coefficient (Wildman–Crippen LogP) is 3.32. The van der Waals surface area contributed by atoms with Crippen LogP contribution in [0.25, 0.3) is 0 Å². The van der Waals surface area contributed by atoms with Gasteiger partial charge in [0.15, 0.2) is 0 Å². The second-order valence-corrected chi connectivity index (χ2v) is 5.36. The summed E-state index contributed by atoms with van der Waals surface area (Å²) in [6.45, 7) is 1.70. The fourth-order valence-electron chi connectivity index (χ4n) is 1.84. The van der Waals surface area contributed by atoms with Crippen LogP contribution in [0, 0.1) is 0 Å². The highest BCUT2D eigenvalue weighted by atomic mass is 79.9. The van der Waals surface area contributed by atoms with Crippen molar-refractivity contribution in [1.29, 1.82) is 0 Å². The van der Waals surface area contributed by atoms with Crippen molar-refractivity contribution >= 4 is 27.5 Å². The lowest BCUT2D eigenvalue weighted by Gasteiger charge is -2.07. The molecule has 2 aromatic rings. The van der Waals surface area contributed by atoms with E-state index in [-0.39, 0.29) is 11.7 Å². The molecular formula is C16H15BrN2O3. The van der Waals surface area contributed by atoms with Crippen LogP contribution in [-0.2, 0) is 0 Å². The minimum Gasteiger partial charge on any atom is -0.507 e. The molecule has 2 rings (SSSR count). The second-order valence-electron chi connectivity index (χ2n) is 4.50. The summed E-state index contributed by atoms with van der Waals surface area (Å²) in [5.74, 6) is 0.252. The Kier molecular flexibility index (Phi) is 5.16. The van der Waals surface area contributed by atoms with Crippen LogP contribution < -0.4 is 10.2 Å². The van der Waals surface area contributed by atoms with Gasteiger partial charge in [0.1, 0.15) is 11.5 Å². The molecule has 0 aliphatic heterocycles. The smallest absolute Gasteiger partial charge is 0.272 e. The van der Waals surface area contributed by atoms with Crippen LogP contribution in [-0.4, -0.2) is 23.8 Å². The van der Waals surface area contributed by atoms with Gasteiger partial charge in [-0.05, 0) is 47.1 Å². The zero-order valence-electron chi connectivity index (χ0n) is 12.1. The average molecular weight is 363 g/mol. The standard InChI is InChI=1S/C16H15BrN2O3/c1-10(12-8-7-11(22-2)9-15(12)20)18-19-16(21)13-5-3-4-6-14(13)17/h3-9,20H,1-2H3,(H,19,21)/b18-10+. The number of phenolic OH excluding ortho intramolecular Hbond substituents is 1. The fourth-order valence-corrected chi connectivity index (χ4v) is 2.31.